The van der Waals surface area contributed by atoms with Gasteiger partial charge in [-0.3, -0.25) is 4.79 Å². The summed E-state index contributed by atoms with van der Waals surface area (Å²) in [4.78, 5) is 28.7. The van der Waals surface area contributed by atoms with E-state index in [1.807, 2.05) is 31.4 Å². The number of carbonyl (C=O) groups is 2. The van der Waals surface area contributed by atoms with Crippen molar-refractivity contribution in [1.82, 2.24) is 4.98 Å². The Labute approximate surface area is 172 Å². The summed E-state index contributed by atoms with van der Waals surface area (Å²) < 4.78 is 5.77. The zero-order chi connectivity index (χ0) is 20.1. The molecule has 0 aliphatic rings. The predicted molar refractivity (Wildman–Crippen MR) is 113 cm³/mol. The van der Waals surface area contributed by atoms with Crippen LogP contribution in [0.4, 0.5) is 5.69 Å². The number of methoxy groups -OCH3 is 1. The number of aryl methyl sites for hydroxylation is 2. The van der Waals surface area contributed by atoms with Crippen molar-refractivity contribution in [1.29, 1.82) is 0 Å². The van der Waals surface area contributed by atoms with E-state index in [2.05, 4.69) is 10.3 Å². The van der Waals surface area contributed by atoms with Crippen LogP contribution in [0.1, 0.15) is 37.5 Å². The van der Waals surface area contributed by atoms with E-state index in [-0.39, 0.29) is 5.91 Å². The van der Waals surface area contributed by atoms with Crippen molar-refractivity contribution in [2.24, 2.45) is 0 Å². The molecule has 0 aliphatic heterocycles. The number of hydrogen-bond donors (Lipinski definition) is 1. The molecule has 0 bridgehead atoms. The molecule has 1 heterocycles. The maximum atomic E-state index is 12.6. The van der Waals surface area contributed by atoms with Crippen LogP contribution in [-0.2, 0) is 10.5 Å². The monoisotopic (exact) mass is 412 g/mol. The maximum absolute atomic E-state index is 12.6. The standard InChI is InChI=1S/C21H20N2O3S2/c1-13-4-7-17(20(25)26-3)10-18(13)23-19(24)16-8-5-15(6-9-16)12-28-21-22-14(2)11-27-21/h4-11H,12H2,1-3H3,(H,23,24). The van der Waals surface area contributed by atoms with Gasteiger partial charge in [0.1, 0.15) is 4.34 Å². The Balaban J connectivity index is 1.65. The Morgan fingerprint density at radius 3 is 2.46 bits per heavy atom. The van der Waals surface area contributed by atoms with Crippen LogP contribution in [0.5, 0.6) is 0 Å². The number of thiazole rings is 1. The molecule has 3 rings (SSSR count). The van der Waals surface area contributed by atoms with Crippen molar-refractivity contribution in [2.45, 2.75) is 23.9 Å². The van der Waals surface area contributed by atoms with E-state index in [9.17, 15) is 9.59 Å². The van der Waals surface area contributed by atoms with Gasteiger partial charge in [0.15, 0.2) is 0 Å². The second kappa shape index (κ2) is 9.03. The zero-order valence-corrected chi connectivity index (χ0v) is 17.4. The molecule has 0 spiro atoms. The highest BCUT2D eigenvalue weighted by Gasteiger charge is 2.12. The van der Waals surface area contributed by atoms with Gasteiger partial charge in [-0.1, -0.05) is 30.0 Å². The molecule has 1 amide bonds. The molecule has 0 saturated carbocycles. The fourth-order valence-electron chi connectivity index (χ4n) is 2.49. The van der Waals surface area contributed by atoms with E-state index in [1.54, 1.807) is 53.4 Å². The number of nitrogens with one attached hydrogen (secondary N) is 1. The minimum Gasteiger partial charge on any atom is -0.465 e. The van der Waals surface area contributed by atoms with Crippen molar-refractivity contribution in [3.05, 3.63) is 75.8 Å². The molecule has 1 N–H and O–H groups in total. The Morgan fingerprint density at radius 2 is 1.82 bits per heavy atom. The van der Waals surface area contributed by atoms with Crippen molar-refractivity contribution in [2.75, 3.05) is 12.4 Å². The molecule has 0 radical (unpaired) electrons. The highest BCUT2D eigenvalue weighted by molar-refractivity contribution is 8.00. The van der Waals surface area contributed by atoms with Gasteiger partial charge in [-0.25, -0.2) is 9.78 Å². The molecular weight excluding hydrogens is 392 g/mol. The second-order valence-electron chi connectivity index (χ2n) is 6.22. The van der Waals surface area contributed by atoms with Gasteiger partial charge in [0, 0.05) is 28.1 Å². The zero-order valence-electron chi connectivity index (χ0n) is 15.8. The third-order valence-corrected chi connectivity index (χ3v) is 6.29. The normalized spacial score (nSPS) is 10.5. The average molecular weight is 413 g/mol. The SMILES string of the molecule is COC(=O)c1ccc(C)c(NC(=O)c2ccc(CSc3nc(C)cs3)cc2)c1. The summed E-state index contributed by atoms with van der Waals surface area (Å²) in [5, 5.41) is 4.90. The summed E-state index contributed by atoms with van der Waals surface area (Å²) >= 11 is 3.32. The first kappa shape index (κ1) is 20.1. The molecule has 1 aromatic heterocycles. The van der Waals surface area contributed by atoms with Gasteiger partial charge in [-0.2, -0.15) is 0 Å². The molecule has 0 fully saturated rings. The number of amides is 1. The summed E-state index contributed by atoms with van der Waals surface area (Å²) in [7, 11) is 1.33. The van der Waals surface area contributed by atoms with Gasteiger partial charge in [-0.05, 0) is 49.2 Å². The van der Waals surface area contributed by atoms with Gasteiger partial charge in [0.2, 0.25) is 0 Å². The lowest BCUT2D eigenvalue weighted by Gasteiger charge is -2.10. The van der Waals surface area contributed by atoms with Crippen LogP contribution in [0.3, 0.4) is 0 Å². The molecular formula is C21H20N2O3S2. The lowest BCUT2D eigenvalue weighted by atomic mass is 10.1. The van der Waals surface area contributed by atoms with Gasteiger partial charge in [-0.15, -0.1) is 11.3 Å². The van der Waals surface area contributed by atoms with Crippen LogP contribution in [0.25, 0.3) is 0 Å². The molecule has 0 saturated heterocycles. The lowest BCUT2D eigenvalue weighted by Crippen LogP contribution is -2.13. The van der Waals surface area contributed by atoms with Crippen LogP contribution in [0.15, 0.2) is 52.2 Å². The Hall–Kier alpha value is -2.64. The first-order valence-electron chi connectivity index (χ1n) is 8.60. The summed E-state index contributed by atoms with van der Waals surface area (Å²) in [5.41, 5.74) is 4.57. The average Bonchev–Trinajstić information content (AvgIpc) is 3.13. The van der Waals surface area contributed by atoms with Crippen molar-refractivity contribution >= 4 is 40.7 Å². The number of anilines is 1. The largest absolute Gasteiger partial charge is 0.465 e. The highest BCUT2D eigenvalue weighted by Crippen LogP contribution is 2.26. The van der Waals surface area contributed by atoms with Crippen LogP contribution >= 0.6 is 23.1 Å². The van der Waals surface area contributed by atoms with Gasteiger partial charge in [0.05, 0.1) is 12.7 Å². The number of hydrogen-bond acceptors (Lipinski definition) is 6. The Kier molecular flexibility index (Phi) is 6.49. The summed E-state index contributed by atoms with van der Waals surface area (Å²) in [6.07, 6.45) is 0. The molecule has 3 aromatic rings. The first-order chi connectivity index (χ1) is 13.5. The number of esters is 1. The van der Waals surface area contributed by atoms with E-state index in [1.165, 1.54) is 7.11 Å². The number of nitrogens with zero attached hydrogens (tertiary/aromatic N) is 1. The number of ether oxygens (including phenoxy) is 1. The van der Waals surface area contributed by atoms with Crippen LogP contribution in [-0.4, -0.2) is 24.0 Å². The molecule has 0 aliphatic carbocycles. The first-order valence-corrected chi connectivity index (χ1v) is 10.5. The Bertz CT molecular complexity index is 997. The van der Waals surface area contributed by atoms with Gasteiger partial charge in [0.25, 0.3) is 5.91 Å². The van der Waals surface area contributed by atoms with E-state index >= 15 is 0 Å². The number of aromatic nitrogens is 1. The van der Waals surface area contributed by atoms with Crippen LogP contribution in [0, 0.1) is 13.8 Å². The molecule has 7 heteroatoms. The molecule has 144 valence electrons. The topological polar surface area (TPSA) is 68.3 Å². The number of thioether (sulfide) groups is 1. The quantitative estimate of drug-likeness (QED) is 0.451. The highest BCUT2D eigenvalue weighted by atomic mass is 32.2. The van der Waals surface area contributed by atoms with E-state index in [0.29, 0.717) is 16.8 Å². The van der Waals surface area contributed by atoms with Crippen molar-refractivity contribution < 1.29 is 14.3 Å². The van der Waals surface area contributed by atoms with E-state index in [0.717, 1.165) is 26.9 Å². The summed E-state index contributed by atoms with van der Waals surface area (Å²) in [6.45, 7) is 3.86. The van der Waals surface area contributed by atoms with Crippen molar-refractivity contribution in [3.8, 4) is 0 Å². The van der Waals surface area contributed by atoms with Crippen molar-refractivity contribution in [3.63, 3.8) is 0 Å². The molecule has 0 unspecified atom stereocenters. The minimum absolute atomic E-state index is 0.222. The van der Waals surface area contributed by atoms with Crippen LogP contribution < -0.4 is 5.32 Å². The molecule has 0 atom stereocenters. The predicted octanol–water partition coefficient (Wildman–Crippen LogP) is 5.09. The second-order valence-corrected chi connectivity index (χ2v) is 8.30. The van der Waals surface area contributed by atoms with Gasteiger partial charge >= 0.3 is 5.97 Å². The Morgan fingerprint density at radius 1 is 1.11 bits per heavy atom. The fourth-order valence-corrected chi connectivity index (χ4v) is 4.30. The maximum Gasteiger partial charge on any atom is 0.337 e. The minimum atomic E-state index is -0.437. The third kappa shape index (κ3) is 4.99. The molecule has 5 nitrogen and oxygen atoms in total. The summed E-state index contributed by atoms with van der Waals surface area (Å²) in [5.74, 6) is 0.141. The number of rotatable bonds is 6. The third-order valence-electron chi connectivity index (χ3n) is 4.08. The molecule has 28 heavy (non-hydrogen) atoms. The fraction of sp³-hybridized carbons (Fsp3) is 0.190. The number of carbonyl (C=O) groups excluding carboxylic acids is 2. The molecule has 2 aromatic carbocycles. The smallest absolute Gasteiger partial charge is 0.337 e. The van der Waals surface area contributed by atoms with Crippen LogP contribution in [0.2, 0.25) is 0 Å². The van der Waals surface area contributed by atoms with E-state index in [4.69, 9.17) is 4.74 Å². The summed E-state index contributed by atoms with van der Waals surface area (Å²) in [6, 6.07) is 12.6. The van der Waals surface area contributed by atoms with E-state index < -0.39 is 5.97 Å². The lowest BCUT2D eigenvalue weighted by molar-refractivity contribution is 0.0600. The number of benzene rings is 2. The van der Waals surface area contributed by atoms with Gasteiger partial charge < -0.3 is 10.1 Å².